The van der Waals surface area contributed by atoms with Crippen LogP contribution in [0.2, 0.25) is 5.02 Å². The van der Waals surface area contributed by atoms with Crippen LogP contribution in [0.1, 0.15) is 5.56 Å². The third-order valence-electron chi connectivity index (χ3n) is 2.70. The zero-order valence-corrected chi connectivity index (χ0v) is 12.5. The van der Waals surface area contributed by atoms with E-state index in [2.05, 4.69) is 16.6 Å². The maximum atomic E-state index is 11.9. The van der Waals surface area contributed by atoms with Gasteiger partial charge in [-0.25, -0.2) is 0 Å². The van der Waals surface area contributed by atoms with E-state index in [1.54, 1.807) is 30.3 Å². The first-order valence-corrected chi connectivity index (χ1v) is 6.78. The summed E-state index contributed by atoms with van der Waals surface area (Å²) in [5.74, 6) is -0.264. The molecule has 0 unspecified atom stereocenters. The highest BCUT2D eigenvalue weighted by molar-refractivity contribution is 7.71. The van der Waals surface area contributed by atoms with E-state index < -0.39 is 5.56 Å². The molecule has 0 aliphatic carbocycles. The Morgan fingerprint density at radius 1 is 1.48 bits per heavy atom. The number of H-pyrrole nitrogens is 1. The average molecular weight is 322 g/mol. The lowest BCUT2D eigenvalue weighted by molar-refractivity contribution is 0.413. The number of aromatic amines is 1. The van der Waals surface area contributed by atoms with Crippen LogP contribution in [-0.4, -0.2) is 20.9 Å². The highest BCUT2D eigenvalue weighted by atomic mass is 35.5. The molecule has 2 N–H and O–H groups in total. The van der Waals surface area contributed by atoms with Crippen LogP contribution in [0, 0.1) is 4.77 Å². The molecule has 1 aromatic carbocycles. The van der Waals surface area contributed by atoms with Crippen molar-refractivity contribution in [3.63, 3.8) is 0 Å². The van der Waals surface area contributed by atoms with Crippen molar-refractivity contribution in [3.8, 4) is 5.88 Å². The predicted octanol–water partition coefficient (Wildman–Crippen LogP) is 3.20. The number of hydrogen-bond acceptors (Lipinski definition) is 4. The molecule has 2 rings (SSSR count). The number of nitrogens with zero attached hydrogens (tertiary/aromatic N) is 2. The third-order valence-corrected chi connectivity index (χ3v) is 3.35. The Morgan fingerprint density at radius 2 is 2.19 bits per heavy atom. The fraction of sp³-hybridized carbons (Fsp3) is 0.0714. The van der Waals surface area contributed by atoms with Crippen molar-refractivity contribution in [3.05, 3.63) is 62.6 Å². The Hall–Kier alpha value is -2.18. The lowest BCUT2D eigenvalue weighted by atomic mass is 10.3. The van der Waals surface area contributed by atoms with E-state index in [1.165, 1.54) is 10.8 Å². The number of halogens is 1. The van der Waals surface area contributed by atoms with Gasteiger partial charge in [-0.05, 0) is 24.4 Å². The normalized spacial score (nSPS) is 10.9. The molecule has 2 aromatic rings. The van der Waals surface area contributed by atoms with Gasteiger partial charge in [-0.2, -0.15) is 0 Å². The topological polar surface area (TPSA) is 70.4 Å². The minimum atomic E-state index is -0.520. The van der Waals surface area contributed by atoms with Gasteiger partial charge in [0.2, 0.25) is 5.88 Å². The van der Waals surface area contributed by atoms with Gasteiger partial charge in [0.1, 0.15) is 5.56 Å². The summed E-state index contributed by atoms with van der Waals surface area (Å²) >= 11 is 11.0. The number of benzene rings is 1. The summed E-state index contributed by atoms with van der Waals surface area (Å²) in [5, 5.41) is 10.6. The number of aromatic hydroxyl groups is 1. The summed E-state index contributed by atoms with van der Waals surface area (Å²) in [4.78, 5) is 18.5. The quantitative estimate of drug-likeness (QED) is 0.516. The second-order valence-electron chi connectivity index (χ2n) is 4.11. The van der Waals surface area contributed by atoms with E-state index >= 15 is 0 Å². The smallest absolute Gasteiger partial charge is 0.264 e. The molecular formula is C14H12ClN3O2S. The van der Waals surface area contributed by atoms with Gasteiger partial charge in [-0.3, -0.25) is 19.3 Å². The first-order valence-electron chi connectivity index (χ1n) is 6.00. The molecule has 1 heterocycles. The summed E-state index contributed by atoms with van der Waals surface area (Å²) in [7, 11) is 0. The number of aromatic nitrogens is 2. The Bertz CT molecular complexity index is 824. The summed E-state index contributed by atoms with van der Waals surface area (Å²) in [6.07, 6.45) is 2.81. The molecule has 0 aliphatic rings. The summed E-state index contributed by atoms with van der Waals surface area (Å²) in [6, 6.07) is 6.93. The molecule has 0 radical (unpaired) electrons. The lowest BCUT2D eigenvalue weighted by Crippen LogP contribution is -2.18. The molecule has 0 fully saturated rings. The fourth-order valence-electron chi connectivity index (χ4n) is 1.68. The first-order chi connectivity index (χ1) is 10.0. The van der Waals surface area contributed by atoms with Crippen LogP contribution in [0.4, 0.5) is 5.69 Å². The van der Waals surface area contributed by atoms with Crippen molar-refractivity contribution in [1.82, 2.24) is 9.55 Å². The van der Waals surface area contributed by atoms with E-state index in [9.17, 15) is 9.90 Å². The maximum Gasteiger partial charge on any atom is 0.264 e. The zero-order valence-electron chi connectivity index (χ0n) is 10.9. The van der Waals surface area contributed by atoms with E-state index in [4.69, 9.17) is 23.8 Å². The molecule has 5 nitrogen and oxygen atoms in total. The Balaban J connectivity index is 2.52. The molecule has 0 aliphatic heterocycles. The zero-order chi connectivity index (χ0) is 15.4. The molecule has 108 valence electrons. The average Bonchev–Trinajstić information content (AvgIpc) is 2.45. The van der Waals surface area contributed by atoms with Crippen molar-refractivity contribution in [2.24, 2.45) is 4.99 Å². The van der Waals surface area contributed by atoms with Gasteiger partial charge >= 0.3 is 0 Å². The van der Waals surface area contributed by atoms with Crippen LogP contribution < -0.4 is 5.56 Å². The maximum absolute atomic E-state index is 11.9. The third kappa shape index (κ3) is 3.29. The van der Waals surface area contributed by atoms with Crippen molar-refractivity contribution in [1.29, 1.82) is 0 Å². The van der Waals surface area contributed by atoms with Crippen LogP contribution in [-0.2, 0) is 6.54 Å². The van der Waals surface area contributed by atoms with Gasteiger partial charge in [-0.1, -0.05) is 29.8 Å². The molecule has 21 heavy (non-hydrogen) atoms. The highest BCUT2D eigenvalue weighted by Gasteiger charge is 2.10. The van der Waals surface area contributed by atoms with Crippen LogP contribution >= 0.6 is 23.8 Å². The van der Waals surface area contributed by atoms with Crippen LogP contribution in [0.25, 0.3) is 0 Å². The molecule has 0 atom stereocenters. The molecule has 0 saturated carbocycles. The second-order valence-corrected chi connectivity index (χ2v) is 4.90. The first kappa shape index (κ1) is 15.2. The summed E-state index contributed by atoms with van der Waals surface area (Å²) in [6.45, 7) is 3.85. The van der Waals surface area contributed by atoms with Crippen LogP contribution in [0.3, 0.4) is 0 Å². The second kappa shape index (κ2) is 6.51. The Labute approximate surface area is 130 Å². The van der Waals surface area contributed by atoms with Crippen molar-refractivity contribution in [2.75, 3.05) is 0 Å². The standard InChI is InChI=1S/C14H12ClN3O2S/c1-2-7-18-13(20)9(12(19)17-14(18)21)8-16-11-6-4-3-5-10(11)15/h2-6,8,20H,1,7H2,(H,17,19,21). The number of allylic oxidation sites excluding steroid dienone is 1. The largest absolute Gasteiger partial charge is 0.494 e. The van der Waals surface area contributed by atoms with E-state index in [-0.39, 0.29) is 22.8 Å². The molecule has 1 aromatic heterocycles. The highest BCUT2D eigenvalue weighted by Crippen LogP contribution is 2.23. The molecule has 0 saturated heterocycles. The fourth-order valence-corrected chi connectivity index (χ4v) is 2.12. The Morgan fingerprint density at radius 3 is 2.86 bits per heavy atom. The van der Waals surface area contributed by atoms with E-state index in [0.29, 0.717) is 10.7 Å². The van der Waals surface area contributed by atoms with Crippen LogP contribution in [0.15, 0.2) is 46.7 Å². The van der Waals surface area contributed by atoms with Gasteiger partial charge in [0.05, 0.1) is 10.7 Å². The molecule has 0 amide bonds. The van der Waals surface area contributed by atoms with Crippen LogP contribution in [0.5, 0.6) is 5.88 Å². The number of para-hydroxylation sites is 1. The Kier molecular flexibility index (Phi) is 4.72. The molecule has 0 bridgehead atoms. The van der Waals surface area contributed by atoms with Gasteiger partial charge in [0.25, 0.3) is 5.56 Å². The van der Waals surface area contributed by atoms with Gasteiger partial charge < -0.3 is 5.11 Å². The molecule has 7 heteroatoms. The minimum Gasteiger partial charge on any atom is -0.494 e. The number of hydrogen-bond donors (Lipinski definition) is 2. The predicted molar refractivity (Wildman–Crippen MR) is 86.5 cm³/mol. The molecular weight excluding hydrogens is 310 g/mol. The number of nitrogens with one attached hydrogen (secondary N) is 1. The van der Waals surface area contributed by atoms with Gasteiger partial charge in [0, 0.05) is 12.8 Å². The molecule has 0 spiro atoms. The monoisotopic (exact) mass is 321 g/mol. The van der Waals surface area contributed by atoms with Crippen molar-refractivity contribution < 1.29 is 5.11 Å². The summed E-state index contributed by atoms with van der Waals surface area (Å²) < 4.78 is 1.46. The van der Waals surface area contributed by atoms with E-state index in [1.807, 2.05) is 0 Å². The van der Waals surface area contributed by atoms with Gasteiger partial charge in [-0.15, -0.1) is 6.58 Å². The van der Waals surface area contributed by atoms with Crippen molar-refractivity contribution in [2.45, 2.75) is 6.54 Å². The van der Waals surface area contributed by atoms with Crippen molar-refractivity contribution >= 4 is 35.7 Å². The van der Waals surface area contributed by atoms with E-state index in [0.717, 1.165) is 0 Å². The SMILES string of the molecule is C=CCn1c(O)c(C=Nc2ccccc2Cl)c(=O)[nH]c1=S. The lowest BCUT2D eigenvalue weighted by Gasteiger charge is -2.08. The number of rotatable bonds is 4. The minimum absolute atomic E-state index is 0.00497. The number of aliphatic imine (C=N–C) groups is 1. The summed E-state index contributed by atoms with van der Waals surface area (Å²) in [5.41, 5.74) is -0.0188. The van der Waals surface area contributed by atoms with Gasteiger partial charge in [0.15, 0.2) is 4.77 Å².